The molecule has 1 fully saturated rings. The van der Waals surface area contributed by atoms with Crippen molar-refractivity contribution in [2.75, 3.05) is 5.32 Å². The maximum Gasteiger partial charge on any atom is 0.260 e. The summed E-state index contributed by atoms with van der Waals surface area (Å²) in [6.45, 7) is 1.74. The van der Waals surface area contributed by atoms with Crippen molar-refractivity contribution in [2.45, 2.75) is 25.7 Å². The lowest BCUT2D eigenvalue weighted by Gasteiger charge is -2.06. The molecule has 0 bridgehead atoms. The van der Waals surface area contributed by atoms with Gasteiger partial charge in [-0.15, -0.1) is 11.3 Å². The zero-order valence-electron chi connectivity index (χ0n) is 13.0. The number of halogens is 1. The predicted molar refractivity (Wildman–Crippen MR) is 90.3 cm³/mol. The van der Waals surface area contributed by atoms with Crippen LogP contribution >= 0.6 is 11.3 Å². The van der Waals surface area contributed by atoms with E-state index < -0.39 is 0 Å². The summed E-state index contributed by atoms with van der Waals surface area (Å²) < 4.78 is 15.4. The van der Waals surface area contributed by atoms with Gasteiger partial charge < -0.3 is 0 Å². The number of benzene rings is 1. The van der Waals surface area contributed by atoms with Gasteiger partial charge in [-0.2, -0.15) is 5.10 Å². The molecule has 4 rings (SSSR count). The highest BCUT2D eigenvalue weighted by atomic mass is 32.1. The number of hydrogen-bond acceptors (Lipinski definition) is 4. The first-order valence-corrected chi connectivity index (χ1v) is 8.58. The molecule has 0 radical (unpaired) electrons. The average Bonchev–Trinajstić information content (AvgIpc) is 3.20. The second kappa shape index (κ2) is 5.83. The highest BCUT2D eigenvalue weighted by molar-refractivity contribution is 7.14. The Hall–Kier alpha value is -2.54. The van der Waals surface area contributed by atoms with Gasteiger partial charge in [-0.25, -0.2) is 14.1 Å². The maximum absolute atomic E-state index is 13.9. The van der Waals surface area contributed by atoms with E-state index in [4.69, 9.17) is 0 Å². The lowest BCUT2D eigenvalue weighted by molar-refractivity contribution is 0.102. The standard InChI is InChI=1S/C17H15FN4OS/c1-10-12(8-19-22(10)15-5-3-2-4-13(15)18)16(23)21-17-20-14(9-24-17)11-6-7-11/h2-5,8-9,11H,6-7H2,1H3,(H,20,21,23). The predicted octanol–water partition coefficient (Wildman–Crippen LogP) is 3.91. The molecule has 7 heteroatoms. The molecule has 1 amide bonds. The van der Waals surface area contributed by atoms with Crippen LogP contribution in [0.2, 0.25) is 0 Å². The van der Waals surface area contributed by atoms with Gasteiger partial charge in [-0.05, 0) is 31.9 Å². The number of hydrogen-bond donors (Lipinski definition) is 1. The Bertz CT molecular complexity index is 913. The third kappa shape index (κ3) is 2.71. The fourth-order valence-corrected chi connectivity index (χ4v) is 3.36. The van der Waals surface area contributed by atoms with E-state index in [1.165, 1.54) is 41.1 Å². The molecular formula is C17H15FN4OS. The van der Waals surface area contributed by atoms with E-state index in [1.54, 1.807) is 25.1 Å². The number of nitrogens with one attached hydrogen (secondary N) is 1. The van der Waals surface area contributed by atoms with Crippen LogP contribution in [-0.2, 0) is 0 Å². The zero-order chi connectivity index (χ0) is 16.7. The maximum atomic E-state index is 13.9. The van der Waals surface area contributed by atoms with Crippen molar-refractivity contribution < 1.29 is 9.18 Å². The number of para-hydroxylation sites is 1. The monoisotopic (exact) mass is 342 g/mol. The molecule has 1 aliphatic rings. The molecule has 122 valence electrons. The summed E-state index contributed by atoms with van der Waals surface area (Å²) in [4.78, 5) is 16.9. The van der Waals surface area contributed by atoms with Crippen molar-refractivity contribution in [2.24, 2.45) is 0 Å². The highest BCUT2D eigenvalue weighted by Crippen LogP contribution is 2.40. The number of carbonyl (C=O) groups excluding carboxylic acids is 1. The summed E-state index contributed by atoms with van der Waals surface area (Å²) in [5.41, 5.74) is 2.35. The minimum Gasteiger partial charge on any atom is -0.298 e. The van der Waals surface area contributed by atoms with Crippen molar-refractivity contribution in [1.82, 2.24) is 14.8 Å². The van der Waals surface area contributed by atoms with Crippen LogP contribution in [0, 0.1) is 12.7 Å². The topological polar surface area (TPSA) is 59.8 Å². The van der Waals surface area contributed by atoms with Crippen LogP contribution in [0.4, 0.5) is 9.52 Å². The zero-order valence-corrected chi connectivity index (χ0v) is 13.8. The molecule has 0 aliphatic heterocycles. The van der Waals surface area contributed by atoms with Gasteiger partial charge in [0.05, 0.1) is 23.1 Å². The Labute approximate surface area is 142 Å². The Kier molecular flexibility index (Phi) is 3.65. The first kappa shape index (κ1) is 15.0. The summed E-state index contributed by atoms with van der Waals surface area (Å²) >= 11 is 1.42. The van der Waals surface area contributed by atoms with E-state index in [0.29, 0.717) is 28.0 Å². The molecule has 3 aromatic rings. The molecule has 24 heavy (non-hydrogen) atoms. The number of rotatable bonds is 4. The van der Waals surface area contributed by atoms with E-state index in [0.717, 1.165) is 5.69 Å². The third-order valence-corrected chi connectivity index (χ3v) is 4.85. The van der Waals surface area contributed by atoms with E-state index >= 15 is 0 Å². The van der Waals surface area contributed by atoms with Crippen molar-refractivity contribution in [3.05, 3.63) is 58.6 Å². The van der Waals surface area contributed by atoms with E-state index in [2.05, 4.69) is 15.4 Å². The molecule has 1 N–H and O–H groups in total. The van der Waals surface area contributed by atoms with Gasteiger partial charge in [0.2, 0.25) is 0 Å². The minimum atomic E-state index is -0.385. The Morgan fingerprint density at radius 1 is 1.38 bits per heavy atom. The van der Waals surface area contributed by atoms with Crippen LogP contribution in [0.1, 0.15) is 40.5 Å². The van der Waals surface area contributed by atoms with Crippen LogP contribution in [0.15, 0.2) is 35.8 Å². The molecule has 1 saturated carbocycles. The first-order chi connectivity index (χ1) is 11.6. The van der Waals surface area contributed by atoms with Crippen LogP contribution in [-0.4, -0.2) is 20.7 Å². The Balaban J connectivity index is 1.57. The number of anilines is 1. The van der Waals surface area contributed by atoms with Crippen molar-refractivity contribution in [3.8, 4) is 5.69 Å². The number of carbonyl (C=O) groups is 1. The Morgan fingerprint density at radius 3 is 2.92 bits per heavy atom. The Morgan fingerprint density at radius 2 is 2.17 bits per heavy atom. The fraction of sp³-hybridized carbons (Fsp3) is 0.235. The smallest absolute Gasteiger partial charge is 0.260 e. The summed E-state index contributed by atoms with van der Waals surface area (Å²) in [5, 5.41) is 9.53. The lowest BCUT2D eigenvalue weighted by atomic mass is 10.2. The molecule has 1 aliphatic carbocycles. The van der Waals surface area contributed by atoms with Gasteiger partial charge in [0.15, 0.2) is 5.13 Å². The molecule has 0 unspecified atom stereocenters. The first-order valence-electron chi connectivity index (χ1n) is 7.70. The molecule has 2 aromatic heterocycles. The van der Waals surface area contributed by atoms with Gasteiger partial charge in [0.25, 0.3) is 5.91 Å². The van der Waals surface area contributed by atoms with Gasteiger partial charge in [-0.3, -0.25) is 10.1 Å². The SMILES string of the molecule is Cc1c(C(=O)Nc2nc(C3CC3)cs2)cnn1-c1ccccc1F. The summed E-state index contributed by atoms with van der Waals surface area (Å²) in [6, 6.07) is 6.34. The number of nitrogens with zero attached hydrogens (tertiary/aromatic N) is 3. The van der Waals surface area contributed by atoms with E-state index in [-0.39, 0.29) is 11.7 Å². The second-order valence-electron chi connectivity index (χ2n) is 5.81. The van der Waals surface area contributed by atoms with Crippen LogP contribution < -0.4 is 5.32 Å². The van der Waals surface area contributed by atoms with Crippen LogP contribution in [0.3, 0.4) is 0 Å². The molecule has 0 atom stereocenters. The van der Waals surface area contributed by atoms with Gasteiger partial charge >= 0.3 is 0 Å². The molecule has 2 heterocycles. The highest BCUT2D eigenvalue weighted by Gasteiger charge is 2.26. The summed E-state index contributed by atoms with van der Waals surface area (Å²) in [7, 11) is 0. The summed E-state index contributed by atoms with van der Waals surface area (Å²) in [5.74, 6) is -0.117. The third-order valence-electron chi connectivity index (χ3n) is 4.07. The number of thiazole rings is 1. The molecular weight excluding hydrogens is 327 g/mol. The molecule has 5 nitrogen and oxygen atoms in total. The van der Waals surface area contributed by atoms with Crippen molar-refractivity contribution >= 4 is 22.4 Å². The van der Waals surface area contributed by atoms with Gasteiger partial charge in [-0.1, -0.05) is 12.1 Å². The van der Waals surface area contributed by atoms with E-state index in [1.807, 2.05) is 5.38 Å². The fourth-order valence-electron chi connectivity index (χ4n) is 2.57. The average molecular weight is 342 g/mol. The number of aromatic nitrogens is 3. The number of amides is 1. The molecule has 0 spiro atoms. The normalized spacial score (nSPS) is 13.9. The van der Waals surface area contributed by atoms with Crippen molar-refractivity contribution in [1.29, 1.82) is 0 Å². The van der Waals surface area contributed by atoms with Gasteiger partial charge in [0.1, 0.15) is 11.5 Å². The van der Waals surface area contributed by atoms with Gasteiger partial charge in [0, 0.05) is 11.3 Å². The van der Waals surface area contributed by atoms with Crippen LogP contribution in [0.5, 0.6) is 0 Å². The van der Waals surface area contributed by atoms with Crippen molar-refractivity contribution in [3.63, 3.8) is 0 Å². The molecule has 0 saturated heterocycles. The van der Waals surface area contributed by atoms with E-state index in [9.17, 15) is 9.18 Å². The minimum absolute atomic E-state index is 0.285. The quantitative estimate of drug-likeness (QED) is 0.782. The molecule has 1 aromatic carbocycles. The second-order valence-corrected chi connectivity index (χ2v) is 6.67. The largest absolute Gasteiger partial charge is 0.298 e. The van der Waals surface area contributed by atoms with Crippen LogP contribution in [0.25, 0.3) is 5.69 Å². The summed E-state index contributed by atoms with van der Waals surface area (Å²) in [6.07, 6.45) is 3.80. The lowest BCUT2D eigenvalue weighted by Crippen LogP contribution is -2.13.